The van der Waals surface area contributed by atoms with Crippen molar-refractivity contribution < 1.29 is 19.6 Å². The average Bonchev–Trinajstić information content (AvgIpc) is 2.25. The maximum atomic E-state index is 10.9. The minimum Gasteiger partial charge on any atom is -0.479 e. The molecule has 7 nitrogen and oxygen atoms in total. The molecule has 0 saturated carbocycles. The molecule has 0 unspecified atom stereocenters. The van der Waals surface area contributed by atoms with E-state index in [1.165, 1.54) is 31.2 Å². The van der Waals surface area contributed by atoms with Gasteiger partial charge in [-0.15, -0.1) is 0 Å². The molecule has 0 bridgehead atoms. The van der Waals surface area contributed by atoms with Gasteiger partial charge in [-0.3, -0.25) is 14.9 Å². The SMILES string of the molecule is CC(=O)N[C@@H](C(=O)O)c1ccc([N+](=O)[O-])cc1. The van der Waals surface area contributed by atoms with Gasteiger partial charge in [-0.25, -0.2) is 4.79 Å². The topological polar surface area (TPSA) is 110 Å². The van der Waals surface area contributed by atoms with E-state index in [2.05, 4.69) is 5.32 Å². The first-order valence-corrected chi connectivity index (χ1v) is 4.66. The summed E-state index contributed by atoms with van der Waals surface area (Å²) < 4.78 is 0. The Labute approximate surface area is 96.2 Å². The van der Waals surface area contributed by atoms with Gasteiger partial charge in [-0.1, -0.05) is 0 Å². The monoisotopic (exact) mass is 238 g/mol. The van der Waals surface area contributed by atoms with E-state index < -0.39 is 22.8 Å². The summed E-state index contributed by atoms with van der Waals surface area (Å²) >= 11 is 0. The second-order valence-electron chi connectivity index (χ2n) is 3.32. The van der Waals surface area contributed by atoms with Gasteiger partial charge in [-0.2, -0.15) is 0 Å². The van der Waals surface area contributed by atoms with Crippen molar-refractivity contribution >= 4 is 17.6 Å². The summed E-state index contributed by atoms with van der Waals surface area (Å²) in [4.78, 5) is 31.6. The first-order valence-electron chi connectivity index (χ1n) is 4.66. The standard InChI is InChI=1S/C10H10N2O5/c1-6(13)11-9(10(14)15)7-2-4-8(5-3-7)12(16)17/h2-5,9H,1H3,(H,11,13)(H,14,15)/t9-/m1/s1. The number of nitrogens with zero attached hydrogens (tertiary/aromatic N) is 1. The van der Waals surface area contributed by atoms with Gasteiger partial charge < -0.3 is 10.4 Å². The molecule has 0 spiro atoms. The summed E-state index contributed by atoms with van der Waals surface area (Å²) in [6.07, 6.45) is 0. The molecule has 1 aromatic carbocycles. The second-order valence-corrected chi connectivity index (χ2v) is 3.32. The first kappa shape index (κ1) is 12.6. The fourth-order valence-corrected chi connectivity index (χ4v) is 1.28. The molecule has 0 heterocycles. The fourth-order valence-electron chi connectivity index (χ4n) is 1.28. The second kappa shape index (κ2) is 5.06. The lowest BCUT2D eigenvalue weighted by atomic mass is 10.1. The molecular formula is C10H10N2O5. The lowest BCUT2D eigenvalue weighted by molar-refractivity contribution is -0.384. The molecule has 0 aliphatic rings. The zero-order valence-corrected chi connectivity index (χ0v) is 8.91. The van der Waals surface area contributed by atoms with Crippen molar-refractivity contribution in [3.05, 3.63) is 39.9 Å². The number of non-ortho nitro benzene ring substituents is 1. The van der Waals surface area contributed by atoms with Crippen molar-refractivity contribution in [1.29, 1.82) is 0 Å². The Balaban J connectivity index is 2.99. The van der Waals surface area contributed by atoms with Crippen molar-refractivity contribution in [3.63, 3.8) is 0 Å². The number of nitrogens with one attached hydrogen (secondary N) is 1. The molecule has 1 aromatic rings. The number of hydrogen-bond acceptors (Lipinski definition) is 4. The summed E-state index contributed by atoms with van der Waals surface area (Å²) in [6.45, 7) is 1.20. The number of carbonyl (C=O) groups excluding carboxylic acids is 1. The Morgan fingerprint density at radius 3 is 2.24 bits per heavy atom. The maximum Gasteiger partial charge on any atom is 0.330 e. The number of amides is 1. The smallest absolute Gasteiger partial charge is 0.330 e. The van der Waals surface area contributed by atoms with E-state index in [9.17, 15) is 19.7 Å². The Morgan fingerprint density at radius 1 is 1.35 bits per heavy atom. The maximum absolute atomic E-state index is 10.9. The first-order chi connectivity index (χ1) is 7.91. The van der Waals surface area contributed by atoms with Gasteiger partial charge >= 0.3 is 5.97 Å². The Hall–Kier alpha value is -2.44. The highest BCUT2D eigenvalue weighted by Crippen LogP contribution is 2.18. The molecule has 2 N–H and O–H groups in total. The van der Waals surface area contributed by atoms with Crippen LogP contribution in [0.4, 0.5) is 5.69 Å². The normalized spacial score (nSPS) is 11.6. The Kier molecular flexibility index (Phi) is 3.76. The van der Waals surface area contributed by atoms with Crippen LogP contribution < -0.4 is 5.32 Å². The van der Waals surface area contributed by atoms with Crippen LogP contribution in [-0.2, 0) is 9.59 Å². The number of carbonyl (C=O) groups is 2. The largest absolute Gasteiger partial charge is 0.479 e. The number of aliphatic carboxylic acids is 1. The number of benzene rings is 1. The number of rotatable bonds is 4. The number of nitro benzene ring substituents is 1. The van der Waals surface area contributed by atoms with Crippen LogP contribution >= 0.6 is 0 Å². The summed E-state index contributed by atoms with van der Waals surface area (Å²) in [5.74, 6) is -1.72. The zero-order chi connectivity index (χ0) is 13.0. The fraction of sp³-hybridized carbons (Fsp3) is 0.200. The number of hydrogen-bond donors (Lipinski definition) is 2. The van der Waals surface area contributed by atoms with Gasteiger partial charge in [0.25, 0.3) is 5.69 Å². The third-order valence-corrected chi connectivity index (χ3v) is 2.03. The lowest BCUT2D eigenvalue weighted by Crippen LogP contribution is -2.31. The molecule has 1 amide bonds. The van der Waals surface area contributed by atoms with Crippen LogP contribution in [0.25, 0.3) is 0 Å². The molecule has 0 saturated heterocycles. The van der Waals surface area contributed by atoms with Crippen LogP contribution in [0.2, 0.25) is 0 Å². The molecule has 0 fully saturated rings. The van der Waals surface area contributed by atoms with E-state index in [-0.39, 0.29) is 11.3 Å². The van der Waals surface area contributed by atoms with Crippen molar-refractivity contribution in [2.45, 2.75) is 13.0 Å². The van der Waals surface area contributed by atoms with Crippen LogP contribution in [0.3, 0.4) is 0 Å². The summed E-state index contributed by atoms with van der Waals surface area (Å²) in [6, 6.07) is 3.77. The highest BCUT2D eigenvalue weighted by atomic mass is 16.6. The third-order valence-electron chi connectivity index (χ3n) is 2.03. The molecule has 0 radical (unpaired) electrons. The molecular weight excluding hydrogens is 228 g/mol. The van der Waals surface area contributed by atoms with Crippen LogP contribution in [0.1, 0.15) is 18.5 Å². The minimum absolute atomic E-state index is 0.138. The van der Waals surface area contributed by atoms with E-state index in [4.69, 9.17) is 5.11 Å². The van der Waals surface area contributed by atoms with Gasteiger partial charge in [0.05, 0.1) is 4.92 Å². The summed E-state index contributed by atoms with van der Waals surface area (Å²) in [5.41, 5.74) is 0.138. The van der Waals surface area contributed by atoms with E-state index in [0.29, 0.717) is 0 Å². The van der Waals surface area contributed by atoms with E-state index in [0.717, 1.165) is 0 Å². The molecule has 90 valence electrons. The van der Waals surface area contributed by atoms with Crippen molar-refractivity contribution in [2.75, 3.05) is 0 Å². The predicted molar refractivity (Wildman–Crippen MR) is 57.3 cm³/mol. The third kappa shape index (κ3) is 3.26. The average molecular weight is 238 g/mol. The quantitative estimate of drug-likeness (QED) is 0.597. The summed E-state index contributed by atoms with van der Waals surface area (Å²) in [7, 11) is 0. The Morgan fingerprint density at radius 2 is 1.88 bits per heavy atom. The van der Waals surface area contributed by atoms with Gasteiger partial charge in [0.15, 0.2) is 6.04 Å². The molecule has 0 aromatic heterocycles. The van der Waals surface area contributed by atoms with Crippen LogP contribution in [-0.4, -0.2) is 21.9 Å². The minimum atomic E-state index is -1.23. The molecule has 7 heteroatoms. The van der Waals surface area contributed by atoms with E-state index in [1.54, 1.807) is 0 Å². The van der Waals surface area contributed by atoms with Crippen LogP contribution in [0.5, 0.6) is 0 Å². The van der Waals surface area contributed by atoms with Crippen molar-refractivity contribution in [2.24, 2.45) is 0 Å². The van der Waals surface area contributed by atoms with Gasteiger partial charge in [-0.05, 0) is 17.7 Å². The molecule has 0 aliphatic heterocycles. The molecule has 0 aliphatic carbocycles. The van der Waals surface area contributed by atoms with Crippen LogP contribution in [0, 0.1) is 10.1 Å². The zero-order valence-electron chi connectivity index (χ0n) is 8.91. The van der Waals surface area contributed by atoms with Crippen molar-refractivity contribution in [1.82, 2.24) is 5.32 Å². The molecule has 1 atom stereocenters. The number of carboxylic acids is 1. The predicted octanol–water partition coefficient (Wildman–Crippen LogP) is 0.857. The van der Waals surface area contributed by atoms with E-state index in [1.807, 2.05) is 0 Å². The van der Waals surface area contributed by atoms with Crippen LogP contribution in [0.15, 0.2) is 24.3 Å². The molecule has 17 heavy (non-hydrogen) atoms. The van der Waals surface area contributed by atoms with Gasteiger partial charge in [0, 0.05) is 19.1 Å². The van der Waals surface area contributed by atoms with Gasteiger partial charge in [0.1, 0.15) is 0 Å². The molecule has 1 rings (SSSR count). The van der Waals surface area contributed by atoms with E-state index >= 15 is 0 Å². The summed E-state index contributed by atoms with van der Waals surface area (Å²) in [5, 5.41) is 21.6. The highest BCUT2D eigenvalue weighted by Gasteiger charge is 2.21. The van der Waals surface area contributed by atoms with Gasteiger partial charge in [0.2, 0.25) is 5.91 Å². The van der Waals surface area contributed by atoms with Crippen molar-refractivity contribution in [3.8, 4) is 0 Å². The lowest BCUT2D eigenvalue weighted by Gasteiger charge is -2.12. The number of carboxylic acid groups (broad SMARTS) is 1. The number of nitro groups is 1. The highest BCUT2D eigenvalue weighted by molar-refractivity contribution is 5.83. The Bertz CT molecular complexity index is 454.